The molecule has 0 saturated carbocycles. The largest absolute Gasteiger partial charge is 0.417 e. The Balaban J connectivity index is 1.96. The van der Waals surface area contributed by atoms with Crippen LogP contribution >= 0.6 is 11.6 Å². The number of carbonyl (C=O) groups is 1. The number of carbonyl (C=O) groups excluding carboxylic acids is 1. The Morgan fingerprint density at radius 3 is 2.52 bits per heavy atom. The zero-order valence-electron chi connectivity index (χ0n) is 13.7. The molecular formula is C19H11ClF3N3O. The lowest BCUT2D eigenvalue weighted by Gasteiger charge is -2.10. The fraction of sp³-hybridized carbons (Fsp3) is 0.105. The average molecular weight is 390 g/mol. The molecule has 2 heterocycles. The quantitative estimate of drug-likeness (QED) is 0.600. The van der Waals surface area contributed by atoms with Gasteiger partial charge in [0.1, 0.15) is 11.8 Å². The summed E-state index contributed by atoms with van der Waals surface area (Å²) in [6, 6.07) is 13.0. The van der Waals surface area contributed by atoms with E-state index in [-0.39, 0.29) is 34.3 Å². The van der Waals surface area contributed by atoms with Gasteiger partial charge in [-0.2, -0.15) is 18.4 Å². The van der Waals surface area contributed by atoms with Gasteiger partial charge in [-0.05, 0) is 17.7 Å². The van der Waals surface area contributed by atoms with Gasteiger partial charge >= 0.3 is 6.18 Å². The van der Waals surface area contributed by atoms with E-state index in [1.54, 1.807) is 24.3 Å². The molecule has 0 unspecified atom stereocenters. The van der Waals surface area contributed by atoms with Crippen molar-refractivity contribution in [3.05, 3.63) is 82.3 Å². The Hall–Kier alpha value is -3.11. The molecule has 3 rings (SSSR count). The van der Waals surface area contributed by atoms with Gasteiger partial charge in [-0.3, -0.25) is 9.36 Å². The number of aromatic nitrogens is 2. The SMILES string of the molecule is N#Cc1cc(C(=O)Cc2ccccc2)cn1-c1ncc(C(F)(F)F)cc1Cl. The van der Waals surface area contributed by atoms with Crippen LogP contribution in [0.15, 0.2) is 54.9 Å². The van der Waals surface area contributed by atoms with Crippen molar-refractivity contribution >= 4 is 17.4 Å². The highest BCUT2D eigenvalue weighted by Crippen LogP contribution is 2.32. The van der Waals surface area contributed by atoms with Gasteiger partial charge in [-0.1, -0.05) is 41.9 Å². The normalized spacial score (nSPS) is 11.2. The number of halogens is 4. The summed E-state index contributed by atoms with van der Waals surface area (Å²) in [6.45, 7) is 0. The predicted octanol–water partition coefficient (Wildman–Crippen LogP) is 4.84. The van der Waals surface area contributed by atoms with Crippen LogP contribution < -0.4 is 0 Å². The van der Waals surface area contributed by atoms with E-state index in [1.165, 1.54) is 16.8 Å². The third kappa shape index (κ3) is 4.01. The van der Waals surface area contributed by atoms with E-state index in [4.69, 9.17) is 11.6 Å². The van der Waals surface area contributed by atoms with Crippen molar-refractivity contribution in [3.63, 3.8) is 0 Å². The van der Waals surface area contributed by atoms with Gasteiger partial charge in [0.25, 0.3) is 0 Å². The molecule has 0 aliphatic heterocycles. The number of ketones is 1. The van der Waals surface area contributed by atoms with Crippen LogP contribution in [0.3, 0.4) is 0 Å². The van der Waals surface area contributed by atoms with Crippen molar-refractivity contribution in [2.24, 2.45) is 0 Å². The summed E-state index contributed by atoms with van der Waals surface area (Å²) < 4.78 is 39.5. The van der Waals surface area contributed by atoms with Crippen molar-refractivity contribution in [1.29, 1.82) is 5.26 Å². The average Bonchev–Trinajstić information content (AvgIpc) is 3.06. The highest BCUT2D eigenvalue weighted by molar-refractivity contribution is 6.32. The highest BCUT2D eigenvalue weighted by atomic mass is 35.5. The van der Waals surface area contributed by atoms with Crippen LogP contribution in [0, 0.1) is 11.3 Å². The van der Waals surface area contributed by atoms with E-state index < -0.39 is 11.7 Å². The highest BCUT2D eigenvalue weighted by Gasteiger charge is 2.32. The zero-order chi connectivity index (χ0) is 19.6. The number of nitrogens with zero attached hydrogens (tertiary/aromatic N) is 3. The first-order valence-electron chi connectivity index (χ1n) is 7.72. The van der Waals surface area contributed by atoms with Gasteiger partial charge in [0, 0.05) is 24.4 Å². The lowest BCUT2D eigenvalue weighted by Crippen LogP contribution is -2.08. The van der Waals surface area contributed by atoms with Gasteiger partial charge in [0.05, 0.1) is 10.6 Å². The van der Waals surface area contributed by atoms with E-state index in [0.29, 0.717) is 6.20 Å². The minimum absolute atomic E-state index is 0.0422. The van der Waals surface area contributed by atoms with E-state index in [0.717, 1.165) is 11.6 Å². The molecule has 0 fully saturated rings. The molecule has 0 amide bonds. The summed E-state index contributed by atoms with van der Waals surface area (Å²) in [4.78, 5) is 16.2. The second-order valence-corrected chi connectivity index (χ2v) is 6.12. The summed E-state index contributed by atoms with van der Waals surface area (Å²) in [5.41, 5.74) is 0.0930. The molecule has 0 atom stereocenters. The Labute approximate surface area is 157 Å². The fourth-order valence-electron chi connectivity index (χ4n) is 2.52. The maximum absolute atomic E-state index is 12.8. The summed E-state index contributed by atoms with van der Waals surface area (Å²) in [5, 5.41) is 9.03. The molecule has 2 aromatic heterocycles. The van der Waals surface area contributed by atoms with Crippen molar-refractivity contribution in [1.82, 2.24) is 9.55 Å². The number of alkyl halides is 3. The van der Waals surface area contributed by atoms with Crippen LogP contribution in [0.2, 0.25) is 5.02 Å². The van der Waals surface area contributed by atoms with Crippen molar-refractivity contribution in [2.45, 2.75) is 12.6 Å². The first kappa shape index (κ1) is 18.7. The number of pyridine rings is 1. The summed E-state index contributed by atoms with van der Waals surface area (Å²) in [7, 11) is 0. The van der Waals surface area contributed by atoms with Gasteiger partial charge in [0.15, 0.2) is 11.6 Å². The fourth-order valence-corrected chi connectivity index (χ4v) is 2.78. The zero-order valence-corrected chi connectivity index (χ0v) is 14.4. The van der Waals surface area contributed by atoms with Gasteiger partial charge in [-0.15, -0.1) is 0 Å². The molecule has 3 aromatic rings. The maximum Gasteiger partial charge on any atom is 0.417 e. The first-order valence-corrected chi connectivity index (χ1v) is 8.10. The monoisotopic (exact) mass is 389 g/mol. The Kier molecular flexibility index (Phi) is 5.02. The second-order valence-electron chi connectivity index (χ2n) is 5.71. The Bertz CT molecular complexity index is 1040. The van der Waals surface area contributed by atoms with Crippen LogP contribution in [0.4, 0.5) is 13.2 Å². The van der Waals surface area contributed by atoms with E-state index in [2.05, 4.69) is 4.98 Å². The van der Waals surface area contributed by atoms with E-state index in [9.17, 15) is 23.2 Å². The van der Waals surface area contributed by atoms with Crippen LogP contribution in [0.25, 0.3) is 5.82 Å². The molecule has 0 spiro atoms. The summed E-state index contributed by atoms with van der Waals surface area (Å²) in [6.07, 6.45) is -2.47. The van der Waals surface area contributed by atoms with Crippen LogP contribution in [0.1, 0.15) is 27.2 Å². The van der Waals surface area contributed by atoms with E-state index >= 15 is 0 Å². The topological polar surface area (TPSA) is 58.7 Å². The molecule has 0 saturated heterocycles. The van der Waals surface area contributed by atoms with E-state index in [1.807, 2.05) is 12.1 Å². The first-order chi connectivity index (χ1) is 12.8. The van der Waals surface area contributed by atoms with Crippen LogP contribution in [-0.2, 0) is 12.6 Å². The molecule has 1 aromatic carbocycles. The lowest BCUT2D eigenvalue weighted by atomic mass is 10.1. The molecular weight excluding hydrogens is 379 g/mol. The van der Waals surface area contributed by atoms with Gasteiger partial charge in [0.2, 0.25) is 0 Å². The molecule has 27 heavy (non-hydrogen) atoms. The molecule has 136 valence electrons. The molecule has 0 aliphatic carbocycles. The molecule has 0 radical (unpaired) electrons. The van der Waals surface area contributed by atoms with Crippen molar-refractivity contribution < 1.29 is 18.0 Å². The molecule has 0 aliphatic rings. The lowest BCUT2D eigenvalue weighted by molar-refractivity contribution is -0.137. The summed E-state index contributed by atoms with van der Waals surface area (Å²) in [5.74, 6) is -0.292. The number of benzene rings is 1. The van der Waals surface area contributed by atoms with Gasteiger partial charge in [-0.25, -0.2) is 4.98 Å². The second kappa shape index (κ2) is 7.25. The minimum Gasteiger partial charge on any atom is -0.294 e. The Morgan fingerprint density at radius 2 is 1.93 bits per heavy atom. The predicted molar refractivity (Wildman–Crippen MR) is 92.8 cm³/mol. The van der Waals surface area contributed by atoms with Crippen molar-refractivity contribution in [3.8, 4) is 11.9 Å². The smallest absolute Gasteiger partial charge is 0.294 e. The van der Waals surface area contributed by atoms with Gasteiger partial charge < -0.3 is 0 Å². The summed E-state index contributed by atoms with van der Waals surface area (Å²) >= 11 is 5.94. The number of Topliss-reactive ketones (excluding diaryl/α,β-unsaturated/α-hetero) is 1. The minimum atomic E-state index is -4.58. The Morgan fingerprint density at radius 1 is 1.22 bits per heavy atom. The molecule has 0 bridgehead atoms. The molecule has 8 heteroatoms. The van der Waals surface area contributed by atoms with Crippen LogP contribution in [-0.4, -0.2) is 15.3 Å². The number of hydrogen-bond donors (Lipinski definition) is 0. The number of hydrogen-bond acceptors (Lipinski definition) is 3. The maximum atomic E-state index is 12.8. The molecule has 4 nitrogen and oxygen atoms in total. The number of rotatable bonds is 4. The third-order valence-corrected chi connectivity index (χ3v) is 4.12. The number of nitriles is 1. The standard InChI is InChI=1S/C19H11ClF3N3O/c20-16-8-14(19(21,22)23)10-25-18(16)26-11-13(7-15(26)9-24)17(27)6-12-4-2-1-3-5-12/h1-5,7-8,10-11H,6H2. The molecule has 0 N–H and O–H groups in total. The van der Waals surface area contributed by atoms with Crippen molar-refractivity contribution in [2.75, 3.05) is 0 Å². The third-order valence-electron chi connectivity index (χ3n) is 3.84. The van der Waals surface area contributed by atoms with Crippen LogP contribution in [0.5, 0.6) is 0 Å².